The molecule has 0 saturated carbocycles. The summed E-state index contributed by atoms with van der Waals surface area (Å²) in [6.45, 7) is 2.28. The molecule has 0 radical (unpaired) electrons. The van der Waals surface area contributed by atoms with E-state index in [0.29, 0.717) is 28.3 Å². The van der Waals surface area contributed by atoms with Gasteiger partial charge in [-0.1, -0.05) is 23.8 Å². The lowest BCUT2D eigenvalue weighted by Crippen LogP contribution is -2.41. The molecule has 0 unspecified atom stereocenters. The summed E-state index contributed by atoms with van der Waals surface area (Å²) in [5, 5.41) is 0.651. The number of nitrogens with one attached hydrogen (secondary N) is 3. The highest BCUT2D eigenvalue weighted by molar-refractivity contribution is 7.71. The number of ether oxygens (including phenoxy) is 1. The lowest BCUT2D eigenvalue weighted by Gasteiger charge is -2.10. The van der Waals surface area contributed by atoms with Crippen LogP contribution in [0.15, 0.2) is 36.5 Å². The minimum Gasteiger partial charge on any atom is -0.493 e. The van der Waals surface area contributed by atoms with Gasteiger partial charge in [-0.25, -0.2) is 0 Å². The first kappa shape index (κ1) is 19.0. The van der Waals surface area contributed by atoms with Crippen LogP contribution in [0.3, 0.4) is 0 Å². The van der Waals surface area contributed by atoms with Crippen molar-refractivity contribution in [1.29, 1.82) is 0 Å². The third-order valence-corrected chi connectivity index (χ3v) is 3.89. The lowest BCUT2D eigenvalue weighted by atomic mass is 10.2. The van der Waals surface area contributed by atoms with E-state index in [0.717, 1.165) is 11.3 Å². The van der Waals surface area contributed by atoms with Crippen molar-refractivity contribution < 1.29 is 14.3 Å². The van der Waals surface area contributed by atoms with Crippen molar-refractivity contribution in [2.45, 2.75) is 19.8 Å². The number of aromatic nitrogens is 1. The largest absolute Gasteiger partial charge is 0.493 e. The highest BCUT2D eigenvalue weighted by Crippen LogP contribution is 2.21. The molecule has 1 aromatic heterocycles. The molecule has 0 spiro atoms. The van der Waals surface area contributed by atoms with Crippen molar-refractivity contribution in [3.63, 3.8) is 0 Å². The number of carbonyl (C=O) groups excluding carboxylic acids is 2. The van der Waals surface area contributed by atoms with E-state index in [1.165, 1.54) is 0 Å². The van der Waals surface area contributed by atoms with Gasteiger partial charge in [-0.05, 0) is 49.2 Å². The van der Waals surface area contributed by atoms with Crippen LogP contribution in [0.5, 0.6) is 5.75 Å². The van der Waals surface area contributed by atoms with Gasteiger partial charge < -0.3 is 9.72 Å². The van der Waals surface area contributed by atoms with Crippen LogP contribution in [-0.2, 0) is 4.79 Å². The van der Waals surface area contributed by atoms with E-state index in [1.807, 2.05) is 13.0 Å². The Morgan fingerprint density at radius 2 is 2.08 bits per heavy atom. The highest BCUT2D eigenvalue weighted by Gasteiger charge is 2.09. The second kappa shape index (κ2) is 9.19. The zero-order chi connectivity index (χ0) is 18.2. The van der Waals surface area contributed by atoms with Crippen LogP contribution in [0.25, 0.3) is 0 Å². The number of aromatic amines is 1. The third-order valence-electron chi connectivity index (χ3n) is 3.32. The van der Waals surface area contributed by atoms with Crippen LogP contribution in [0, 0.1) is 11.6 Å². The Labute approximate surface area is 155 Å². The Balaban J connectivity index is 1.70. The molecule has 2 rings (SSSR count). The van der Waals surface area contributed by atoms with Crippen LogP contribution in [0.1, 0.15) is 28.8 Å². The monoisotopic (exact) mass is 379 g/mol. The van der Waals surface area contributed by atoms with E-state index >= 15 is 0 Å². The fourth-order valence-electron chi connectivity index (χ4n) is 2.05. The van der Waals surface area contributed by atoms with E-state index in [9.17, 15) is 9.59 Å². The Morgan fingerprint density at radius 1 is 1.28 bits per heavy atom. The minimum absolute atomic E-state index is 0.217. The molecular weight excluding hydrogens is 362 g/mol. The first-order valence-electron chi connectivity index (χ1n) is 7.63. The molecule has 0 fully saturated rings. The summed E-state index contributed by atoms with van der Waals surface area (Å²) in [6, 6.07) is 8.58. The van der Waals surface area contributed by atoms with Gasteiger partial charge in [0, 0.05) is 17.6 Å². The SMILES string of the molecule is Cc1cc(Cl)ccc1OCCCC(=O)NNC(=O)c1ccc[nH]c1=S. The van der Waals surface area contributed by atoms with Crippen molar-refractivity contribution >= 4 is 35.6 Å². The molecule has 6 nitrogen and oxygen atoms in total. The summed E-state index contributed by atoms with van der Waals surface area (Å²) < 4.78 is 5.92. The molecule has 0 bridgehead atoms. The molecule has 3 N–H and O–H groups in total. The maximum Gasteiger partial charge on any atom is 0.272 e. The molecule has 0 aliphatic carbocycles. The number of amides is 2. The average Bonchev–Trinajstić information content (AvgIpc) is 2.58. The van der Waals surface area contributed by atoms with Gasteiger partial charge in [-0.3, -0.25) is 20.4 Å². The van der Waals surface area contributed by atoms with Crippen molar-refractivity contribution in [3.05, 3.63) is 57.3 Å². The number of pyridine rings is 1. The zero-order valence-electron chi connectivity index (χ0n) is 13.6. The topological polar surface area (TPSA) is 83.2 Å². The van der Waals surface area contributed by atoms with Crippen LogP contribution in [-0.4, -0.2) is 23.4 Å². The fourth-order valence-corrected chi connectivity index (χ4v) is 2.50. The van der Waals surface area contributed by atoms with Gasteiger partial charge in [0.15, 0.2) is 0 Å². The normalized spacial score (nSPS) is 10.2. The predicted octanol–water partition coefficient (Wildman–Crippen LogP) is 3.33. The third kappa shape index (κ3) is 5.88. The quantitative estimate of drug-likeness (QED) is 0.408. The molecule has 1 aromatic carbocycles. The van der Waals surface area contributed by atoms with E-state index in [2.05, 4.69) is 15.8 Å². The molecule has 0 saturated heterocycles. The molecule has 0 aliphatic heterocycles. The summed E-state index contributed by atoms with van der Waals surface area (Å²) in [7, 11) is 0. The number of H-pyrrole nitrogens is 1. The second-order valence-electron chi connectivity index (χ2n) is 5.28. The van der Waals surface area contributed by atoms with Gasteiger partial charge in [0.25, 0.3) is 5.91 Å². The Hall–Kier alpha value is -2.38. The smallest absolute Gasteiger partial charge is 0.272 e. The van der Waals surface area contributed by atoms with Crippen LogP contribution >= 0.6 is 23.8 Å². The van der Waals surface area contributed by atoms with Crippen molar-refractivity contribution in [1.82, 2.24) is 15.8 Å². The van der Waals surface area contributed by atoms with Gasteiger partial charge in [0.05, 0.1) is 12.2 Å². The van der Waals surface area contributed by atoms with Crippen LogP contribution < -0.4 is 15.6 Å². The average molecular weight is 380 g/mol. The van der Waals surface area contributed by atoms with Crippen molar-refractivity contribution in [3.8, 4) is 5.75 Å². The van der Waals surface area contributed by atoms with Crippen LogP contribution in [0.4, 0.5) is 0 Å². The summed E-state index contributed by atoms with van der Waals surface area (Å²) in [5.41, 5.74) is 5.91. The summed E-state index contributed by atoms with van der Waals surface area (Å²) >= 11 is 10.9. The fraction of sp³-hybridized carbons (Fsp3) is 0.235. The minimum atomic E-state index is -0.469. The molecule has 1 heterocycles. The molecular formula is C17H18ClN3O3S. The van der Waals surface area contributed by atoms with E-state index in [1.54, 1.807) is 30.5 Å². The van der Waals surface area contributed by atoms with Gasteiger partial charge in [0.1, 0.15) is 10.4 Å². The molecule has 0 aliphatic rings. The number of rotatable bonds is 6. The molecule has 2 amide bonds. The molecule has 0 atom stereocenters. The maximum atomic E-state index is 11.9. The van der Waals surface area contributed by atoms with Crippen molar-refractivity contribution in [2.24, 2.45) is 0 Å². The van der Waals surface area contributed by atoms with Gasteiger partial charge in [-0.15, -0.1) is 0 Å². The summed E-state index contributed by atoms with van der Waals surface area (Å²) in [6.07, 6.45) is 2.35. The van der Waals surface area contributed by atoms with Gasteiger partial charge in [-0.2, -0.15) is 0 Å². The van der Waals surface area contributed by atoms with Crippen LogP contribution in [0.2, 0.25) is 5.02 Å². The lowest BCUT2D eigenvalue weighted by molar-refractivity contribution is -0.122. The maximum absolute atomic E-state index is 11.9. The predicted molar refractivity (Wildman–Crippen MR) is 98.2 cm³/mol. The first-order chi connectivity index (χ1) is 12.0. The number of carbonyl (C=O) groups is 2. The molecule has 25 heavy (non-hydrogen) atoms. The molecule has 132 valence electrons. The Bertz CT molecular complexity index is 823. The van der Waals surface area contributed by atoms with E-state index < -0.39 is 5.91 Å². The standard InChI is InChI=1S/C17H18ClN3O3S/c1-11-10-12(18)6-7-14(11)24-9-3-5-15(22)20-21-16(23)13-4-2-8-19-17(13)25/h2,4,6-8,10H,3,5,9H2,1H3,(H,19,25)(H,20,22)(H,21,23). The van der Waals surface area contributed by atoms with E-state index in [4.69, 9.17) is 28.6 Å². The van der Waals surface area contributed by atoms with E-state index in [-0.39, 0.29) is 12.3 Å². The number of aryl methyl sites for hydroxylation is 1. The molecule has 2 aromatic rings. The number of hydrogen-bond donors (Lipinski definition) is 3. The first-order valence-corrected chi connectivity index (χ1v) is 8.42. The number of hydrogen-bond acceptors (Lipinski definition) is 4. The molecule has 8 heteroatoms. The summed E-state index contributed by atoms with van der Waals surface area (Å²) in [4.78, 5) is 26.4. The summed E-state index contributed by atoms with van der Waals surface area (Å²) in [5.74, 6) is -0.0461. The zero-order valence-corrected chi connectivity index (χ0v) is 15.2. The number of halogens is 1. The number of hydrazine groups is 1. The highest BCUT2D eigenvalue weighted by atomic mass is 35.5. The van der Waals surface area contributed by atoms with Crippen molar-refractivity contribution in [2.75, 3.05) is 6.61 Å². The Morgan fingerprint density at radius 3 is 2.80 bits per heavy atom. The Kier molecular flexibility index (Phi) is 6.97. The van der Waals surface area contributed by atoms with Gasteiger partial charge >= 0.3 is 0 Å². The van der Waals surface area contributed by atoms with Gasteiger partial charge in [0.2, 0.25) is 5.91 Å². The number of benzene rings is 1. The second-order valence-corrected chi connectivity index (χ2v) is 6.12.